The number of hydrogen-bond donors (Lipinski definition) is 0. The van der Waals surface area contributed by atoms with Crippen molar-refractivity contribution in [3.8, 4) is 23.0 Å². The van der Waals surface area contributed by atoms with Crippen LogP contribution in [0, 0.1) is 0 Å². The SMILES string of the molecule is CC(C)N(Cc1cccc2c1OCO2)C(=O)Cc1ccc2c(c1)OCO2. The molecular weight excluding hydrogens is 334 g/mol. The monoisotopic (exact) mass is 355 g/mol. The Kier molecular flexibility index (Phi) is 4.32. The van der Waals surface area contributed by atoms with Crippen molar-refractivity contribution in [1.29, 1.82) is 0 Å². The van der Waals surface area contributed by atoms with Gasteiger partial charge in [-0.2, -0.15) is 0 Å². The molecule has 2 aliphatic rings. The summed E-state index contributed by atoms with van der Waals surface area (Å²) in [6.07, 6.45) is 0.307. The maximum Gasteiger partial charge on any atom is 0.231 e. The van der Waals surface area contributed by atoms with Gasteiger partial charge in [0.15, 0.2) is 23.0 Å². The lowest BCUT2D eigenvalue weighted by Gasteiger charge is -2.27. The van der Waals surface area contributed by atoms with Gasteiger partial charge in [-0.25, -0.2) is 0 Å². The summed E-state index contributed by atoms with van der Waals surface area (Å²) in [5.74, 6) is 2.93. The van der Waals surface area contributed by atoms with E-state index in [0.29, 0.717) is 18.7 Å². The van der Waals surface area contributed by atoms with Gasteiger partial charge in [0, 0.05) is 18.2 Å². The molecule has 4 rings (SSSR count). The van der Waals surface area contributed by atoms with Crippen LogP contribution in [0.2, 0.25) is 0 Å². The number of rotatable bonds is 5. The van der Waals surface area contributed by atoms with Crippen molar-refractivity contribution in [3.63, 3.8) is 0 Å². The Hall–Kier alpha value is -2.89. The van der Waals surface area contributed by atoms with Gasteiger partial charge in [0.2, 0.25) is 19.5 Å². The second-order valence-corrected chi connectivity index (χ2v) is 6.63. The second kappa shape index (κ2) is 6.78. The Morgan fingerprint density at radius 1 is 1.00 bits per heavy atom. The Morgan fingerprint density at radius 3 is 2.62 bits per heavy atom. The first-order valence-corrected chi connectivity index (χ1v) is 8.67. The number of hydrogen-bond acceptors (Lipinski definition) is 5. The van der Waals surface area contributed by atoms with Crippen LogP contribution in [0.15, 0.2) is 36.4 Å². The summed E-state index contributed by atoms with van der Waals surface area (Å²) in [7, 11) is 0. The molecule has 2 aromatic carbocycles. The Morgan fingerprint density at radius 2 is 1.77 bits per heavy atom. The van der Waals surface area contributed by atoms with E-state index in [4.69, 9.17) is 18.9 Å². The molecule has 0 saturated carbocycles. The van der Waals surface area contributed by atoms with Gasteiger partial charge >= 0.3 is 0 Å². The van der Waals surface area contributed by atoms with Crippen LogP contribution in [-0.4, -0.2) is 30.4 Å². The molecule has 2 heterocycles. The molecule has 0 bridgehead atoms. The Balaban J connectivity index is 1.51. The average molecular weight is 355 g/mol. The van der Waals surface area contributed by atoms with E-state index in [-0.39, 0.29) is 25.5 Å². The van der Waals surface area contributed by atoms with Crippen molar-refractivity contribution >= 4 is 5.91 Å². The van der Waals surface area contributed by atoms with Gasteiger partial charge in [-0.1, -0.05) is 18.2 Å². The van der Waals surface area contributed by atoms with Crippen LogP contribution >= 0.6 is 0 Å². The van der Waals surface area contributed by atoms with Crippen molar-refractivity contribution in [1.82, 2.24) is 4.90 Å². The van der Waals surface area contributed by atoms with Crippen LogP contribution in [0.5, 0.6) is 23.0 Å². The summed E-state index contributed by atoms with van der Waals surface area (Å²) >= 11 is 0. The summed E-state index contributed by atoms with van der Waals surface area (Å²) in [5, 5.41) is 0. The fraction of sp³-hybridized carbons (Fsp3) is 0.350. The fourth-order valence-corrected chi connectivity index (χ4v) is 3.18. The van der Waals surface area contributed by atoms with Crippen LogP contribution in [0.25, 0.3) is 0 Å². The maximum atomic E-state index is 12.9. The van der Waals surface area contributed by atoms with Gasteiger partial charge in [-0.3, -0.25) is 4.79 Å². The lowest BCUT2D eigenvalue weighted by Crippen LogP contribution is -2.37. The highest BCUT2D eigenvalue weighted by molar-refractivity contribution is 5.79. The summed E-state index contributed by atoms with van der Waals surface area (Å²) in [6, 6.07) is 11.5. The molecule has 0 unspecified atom stereocenters. The maximum absolute atomic E-state index is 12.9. The normalized spacial score (nSPS) is 14.0. The van der Waals surface area contributed by atoms with Crippen molar-refractivity contribution in [2.45, 2.75) is 32.9 Å². The number of fused-ring (bicyclic) bond motifs is 2. The molecule has 0 saturated heterocycles. The third-order valence-corrected chi connectivity index (χ3v) is 4.55. The van der Waals surface area contributed by atoms with E-state index in [2.05, 4.69) is 0 Å². The zero-order valence-electron chi connectivity index (χ0n) is 14.9. The van der Waals surface area contributed by atoms with Gasteiger partial charge in [0.1, 0.15) is 0 Å². The molecular formula is C20H21NO5. The van der Waals surface area contributed by atoms with E-state index < -0.39 is 0 Å². The average Bonchev–Trinajstić information content (AvgIpc) is 3.27. The minimum atomic E-state index is 0.0513. The second-order valence-electron chi connectivity index (χ2n) is 6.63. The highest BCUT2D eigenvalue weighted by Crippen LogP contribution is 2.36. The molecule has 0 fully saturated rings. The highest BCUT2D eigenvalue weighted by atomic mass is 16.7. The smallest absolute Gasteiger partial charge is 0.231 e. The lowest BCUT2D eigenvalue weighted by atomic mass is 10.1. The molecule has 0 aliphatic carbocycles. The van der Waals surface area contributed by atoms with Crippen molar-refractivity contribution in [3.05, 3.63) is 47.5 Å². The number of benzene rings is 2. The minimum Gasteiger partial charge on any atom is -0.454 e. The Labute approximate surface area is 152 Å². The molecule has 6 heteroatoms. The number of carbonyl (C=O) groups is 1. The topological polar surface area (TPSA) is 57.2 Å². The summed E-state index contributed by atoms with van der Waals surface area (Å²) in [6.45, 7) is 4.95. The van der Waals surface area contributed by atoms with Crippen LogP contribution in [0.3, 0.4) is 0 Å². The highest BCUT2D eigenvalue weighted by Gasteiger charge is 2.24. The number of amides is 1. The molecule has 0 spiro atoms. The molecule has 26 heavy (non-hydrogen) atoms. The molecule has 136 valence electrons. The molecule has 0 radical (unpaired) electrons. The Bertz CT molecular complexity index is 833. The number of ether oxygens (including phenoxy) is 4. The van der Waals surface area contributed by atoms with E-state index in [1.54, 1.807) is 0 Å². The van der Waals surface area contributed by atoms with Crippen LogP contribution in [0.1, 0.15) is 25.0 Å². The fourth-order valence-electron chi connectivity index (χ4n) is 3.18. The summed E-state index contributed by atoms with van der Waals surface area (Å²) in [5.41, 5.74) is 1.86. The molecule has 1 amide bonds. The minimum absolute atomic E-state index is 0.0513. The molecule has 0 aromatic heterocycles. The van der Waals surface area contributed by atoms with Gasteiger partial charge < -0.3 is 23.8 Å². The molecule has 2 aromatic rings. The van der Waals surface area contributed by atoms with Crippen molar-refractivity contribution < 1.29 is 23.7 Å². The number of para-hydroxylation sites is 1. The first kappa shape index (κ1) is 16.6. The zero-order chi connectivity index (χ0) is 18.1. The molecule has 6 nitrogen and oxygen atoms in total. The first-order valence-electron chi connectivity index (χ1n) is 8.67. The van der Waals surface area contributed by atoms with Gasteiger partial charge in [-0.15, -0.1) is 0 Å². The van der Waals surface area contributed by atoms with E-state index in [0.717, 1.165) is 28.4 Å². The number of carbonyl (C=O) groups excluding carboxylic acids is 1. The number of nitrogens with zero attached hydrogens (tertiary/aromatic N) is 1. The standard InChI is InChI=1S/C20H21NO5/c1-13(2)21(10-15-4-3-5-17-20(15)26-12-24-17)19(22)9-14-6-7-16-18(8-14)25-11-23-16/h3-8,13H,9-12H2,1-2H3. The van der Waals surface area contributed by atoms with E-state index >= 15 is 0 Å². The van der Waals surface area contributed by atoms with Crippen molar-refractivity contribution in [2.75, 3.05) is 13.6 Å². The van der Waals surface area contributed by atoms with Crippen LogP contribution in [0.4, 0.5) is 0 Å². The molecule has 2 aliphatic heterocycles. The predicted molar refractivity (Wildman–Crippen MR) is 94.5 cm³/mol. The van der Waals surface area contributed by atoms with E-state index in [1.165, 1.54) is 0 Å². The summed E-state index contributed by atoms with van der Waals surface area (Å²) < 4.78 is 21.7. The zero-order valence-corrected chi connectivity index (χ0v) is 14.9. The van der Waals surface area contributed by atoms with Gasteiger partial charge in [0.25, 0.3) is 0 Å². The van der Waals surface area contributed by atoms with E-state index in [1.807, 2.05) is 55.1 Å². The van der Waals surface area contributed by atoms with Gasteiger partial charge in [-0.05, 0) is 37.6 Å². The largest absolute Gasteiger partial charge is 0.454 e. The van der Waals surface area contributed by atoms with E-state index in [9.17, 15) is 4.79 Å². The molecule has 0 atom stereocenters. The third kappa shape index (κ3) is 3.14. The first-order chi connectivity index (χ1) is 12.6. The molecule has 0 N–H and O–H groups in total. The van der Waals surface area contributed by atoms with Crippen LogP contribution in [-0.2, 0) is 17.8 Å². The predicted octanol–water partition coefficient (Wildman–Crippen LogP) is 3.12. The lowest BCUT2D eigenvalue weighted by molar-refractivity contribution is -0.132. The summed E-state index contributed by atoms with van der Waals surface area (Å²) in [4.78, 5) is 14.8. The van der Waals surface area contributed by atoms with Gasteiger partial charge in [0.05, 0.1) is 6.42 Å². The van der Waals surface area contributed by atoms with Crippen molar-refractivity contribution in [2.24, 2.45) is 0 Å². The van der Waals surface area contributed by atoms with Crippen LogP contribution < -0.4 is 18.9 Å². The third-order valence-electron chi connectivity index (χ3n) is 4.55. The quantitative estimate of drug-likeness (QED) is 0.825.